The number of halogens is 1. The Morgan fingerprint density at radius 1 is 1.15 bits per heavy atom. The molecular formula is C21H34IN5. The van der Waals surface area contributed by atoms with Gasteiger partial charge < -0.3 is 15.1 Å². The summed E-state index contributed by atoms with van der Waals surface area (Å²) in [6.45, 7) is 8.75. The Bertz CT molecular complexity index is 596. The number of piperazine rings is 1. The summed E-state index contributed by atoms with van der Waals surface area (Å²) in [5, 5.41) is 3.60. The molecule has 2 aliphatic heterocycles. The van der Waals surface area contributed by atoms with E-state index in [9.17, 15) is 0 Å². The van der Waals surface area contributed by atoms with E-state index in [2.05, 4.69) is 74.5 Å². The highest BCUT2D eigenvalue weighted by Gasteiger charge is 2.22. The quantitative estimate of drug-likeness (QED) is 0.397. The van der Waals surface area contributed by atoms with Crippen molar-refractivity contribution in [3.05, 3.63) is 42.0 Å². The molecule has 0 amide bonds. The smallest absolute Gasteiger partial charge is 0.193 e. The average Bonchev–Trinajstić information content (AvgIpc) is 3.09. The molecule has 0 bridgehead atoms. The molecule has 2 heterocycles. The Morgan fingerprint density at radius 2 is 1.89 bits per heavy atom. The minimum Gasteiger partial charge on any atom is -0.356 e. The van der Waals surface area contributed by atoms with Crippen molar-refractivity contribution in [3.63, 3.8) is 0 Å². The third-order valence-electron chi connectivity index (χ3n) is 5.39. The minimum absolute atomic E-state index is 0. The number of hydrogen-bond donors (Lipinski definition) is 1. The van der Waals surface area contributed by atoms with Crippen molar-refractivity contribution in [3.8, 4) is 0 Å². The molecule has 6 heteroatoms. The predicted molar refractivity (Wildman–Crippen MR) is 126 cm³/mol. The van der Waals surface area contributed by atoms with E-state index < -0.39 is 0 Å². The van der Waals surface area contributed by atoms with Crippen LogP contribution in [0.4, 0.5) is 0 Å². The van der Waals surface area contributed by atoms with Crippen LogP contribution in [0.5, 0.6) is 0 Å². The summed E-state index contributed by atoms with van der Waals surface area (Å²) < 4.78 is 0. The third-order valence-corrected chi connectivity index (χ3v) is 5.39. The zero-order chi connectivity index (χ0) is 18.2. The van der Waals surface area contributed by atoms with Gasteiger partial charge in [-0.1, -0.05) is 42.5 Å². The molecule has 2 aliphatic rings. The summed E-state index contributed by atoms with van der Waals surface area (Å²) in [7, 11) is 4.11. The second-order valence-corrected chi connectivity index (χ2v) is 7.45. The number of hydrogen-bond acceptors (Lipinski definition) is 3. The van der Waals surface area contributed by atoms with Gasteiger partial charge in [-0.15, -0.1) is 24.0 Å². The van der Waals surface area contributed by atoms with Crippen LogP contribution in [0.2, 0.25) is 0 Å². The van der Waals surface area contributed by atoms with Gasteiger partial charge in [0.25, 0.3) is 0 Å². The lowest BCUT2D eigenvalue weighted by Gasteiger charge is -2.36. The van der Waals surface area contributed by atoms with E-state index in [1.807, 2.05) is 7.05 Å². The van der Waals surface area contributed by atoms with Crippen LogP contribution in [0.1, 0.15) is 12.0 Å². The van der Waals surface area contributed by atoms with Crippen LogP contribution < -0.4 is 5.32 Å². The molecule has 5 nitrogen and oxygen atoms in total. The molecular weight excluding hydrogens is 449 g/mol. The van der Waals surface area contributed by atoms with Gasteiger partial charge in [-0.25, -0.2) is 0 Å². The summed E-state index contributed by atoms with van der Waals surface area (Å²) in [6, 6.07) is 10.5. The van der Waals surface area contributed by atoms with Crippen molar-refractivity contribution in [2.75, 3.05) is 66.5 Å². The summed E-state index contributed by atoms with van der Waals surface area (Å²) in [5.41, 5.74) is 1.27. The van der Waals surface area contributed by atoms with Gasteiger partial charge in [0, 0.05) is 52.9 Å². The van der Waals surface area contributed by atoms with E-state index in [1.54, 1.807) is 0 Å². The maximum atomic E-state index is 4.50. The molecule has 27 heavy (non-hydrogen) atoms. The molecule has 0 aromatic heterocycles. The summed E-state index contributed by atoms with van der Waals surface area (Å²) in [5.74, 6) is 1.82. The molecule has 1 unspecified atom stereocenters. The van der Waals surface area contributed by atoms with Crippen LogP contribution in [-0.4, -0.2) is 87.1 Å². The fraction of sp³-hybridized carbons (Fsp3) is 0.571. The van der Waals surface area contributed by atoms with Crippen LogP contribution in [0.15, 0.2) is 41.4 Å². The third kappa shape index (κ3) is 7.08. The fourth-order valence-electron chi connectivity index (χ4n) is 3.81. The summed E-state index contributed by atoms with van der Waals surface area (Å²) >= 11 is 0. The van der Waals surface area contributed by atoms with Gasteiger partial charge in [-0.2, -0.15) is 0 Å². The van der Waals surface area contributed by atoms with E-state index in [1.165, 1.54) is 25.1 Å². The van der Waals surface area contributed by atoms with Gasteiger partial charge in [0.15, 0.2) is 5.96 Å². The lowest BCUT2D eigenvalue weighted by molar-refractivity contribution is 0.194. The van der Waals surface area contributed by atoms with Crippen molar-refractivity contribution >= 4 is 36.0 Å². The number of likely N-dealkylation sites (tertiary alicyclic amines) is 1. The lowest BCUT2D eigenvalue weighted by Crippen LogP contribution is -2.53. The molecule has 0 saturated carbocycles. The van der Waals surface area contributed by atoms with Gasteiger partial charge in [0.05, 0.1) is 0 Å². The van der Waals surface area contributed by atoms with E-state index in [0.717, 1.165) is 51.1 Å². The molecule has 150 valence electrons. The van der Waals surface area contributed by atoms with Crippen LogP contribution in [0.25, 0.3) is 6.08 Å². The summed E-state index contributed by atoms with van der Waals surface area (Å²) in [4.78, 5) is 11.8. The first-order valence-electron chi connectivity index (χ1n) is 9.82. The van der Waals surface area contributed by atoms with E-state index in [-0.39, 0.29) is 24.0 Å². The zero-order valence-electron chi connectivity index (χ0n) is 16.7. The molecule has 3 rings (SSSR count). The van der Waals surface area contributed by atoms with Crippen molar-refractivity contribution in [2.45, 2.75) is 6.42 Å². The molecule has 1 atom stereocenters. The second kappa shape index (κ2) is 11.7. The first-order chi connectivity index (χ1) is 12.7. The van der Waals surface area contributed by atoms with Crippen LogP contribution >= 0.6 is 24.0 Å². The SMILES string of the molecule is CN=C(NCC1CCN(C)C1)N1CCN(CC=Cc2ccccc2)CC1.I. The van der Waals surface area contributed by atoms with E-state index in [0.29, 0.717) is 0 Å². The average molecular weight is 483 g/mol. The van der Waals surface area contributed by atoms with Gasteiger partial charge in [-0.05, 0) is 31.5 Å². The Balaban J connectivity index is 0.00000261. The maximum Gasteiger partial charge on any atom is 0.193 e. The monoisotopic (exact) mass is 483 g/mol. The van der Waals surface area contributed by atoms with Crippen LogP contribution in [0.3, 0.4) is 0 Å². The number of nitrogens with one attached hydrogen (secondary N) is 1. The van der Waals surface area contributed by atoms with Crippen molar-refractivity contribution < 1.29 is 0 Å². The second-order valence-electron chi connectivity index (χ2n) is 7.45. The number of aliphatic imine (C=N–C) groups is 1. The van der Waals surface area contributed by atoms with Gasteiger partial charge in [0.2, 0.25) is 0 Å². The van der Waals surface area contributed by atoms with Gasteiger partial charge >= 0.3 is 0 Å². The fourth-order valence-corrected chi connectivity index (χ4v) is 3.81. The molecule has 0 spiro atoms. The largest absolute Gasteiger partial charge is 0.356 e. The normalized spacial score (nSPS) is 22.2. The highest BCUT2D eigenvalue weighted by Crippen LogP contribution is 2.13. The topological polar surface area (TPSA) is 34.1 Å². The van der Waals surface area contributed by atoms with E-state index >= 15 is 0 Å². The standard InChI is InChI=1S/C21H33N5.HI/c1-22-21(23-17-20-10-12-24(2)18-20)26-15-13-25(14-16-26)11-6-9-19-7-4-3-5-8-19;/h3-9,20H,10-18H2,1-2H3,(H,22,23);1H. The van der Waals surface area contributed by atoms with E-state index in [4.69, 9.17) is 0 Å². The molecule has 1 N–H and O–H groups in total. The maximum absolute atomic E-state index is 4.50. The minimum atomic E-state index is 0. The molecule has 0 aliphatic carbocycles. The molecule has 2 saturated heterocycles. The highest BCUT2D eigenvalue weighted by atomic mass is 127. The first-order valence-corrected chi connectivity index (χ1v) is 9.82. The summed E-state index contributed by atoms with van der Waals surface area (Å²) in [6.07, 6.45) is 5.78. The Labute approximate surface area is 181 Å². The number of rotatable bonds is 5. The molecule has 0 radical (unpaired) electrons. The van der Waals surface area contributed by atoms with Crippen molar-refractivity contribution in [2.24, 2.45) is 10.9 Å². The van der Waals surface area contributed by atoms with Crippen molar-refractivity contribution in [1.82, 2.24) is 20.0 Å². The molecule has 1 aromatic carbocycles. The first kappa shape index (κ1) is 22.2. The zero-order valence-corrected chi connectivity index (χ0v) is 19.0. The van der Waals surface area contributed by atoms with Crippen LogP contribution in [0, 0.1) is 5.92 Å². The number of nitrogens with zero attached hydrogens (tertiary/aromatic N) is 4. The van der Waals surface area contributed by atoms with Crippen LogP contribution in [-0.2, 0) is 0 Å². The van der Waals surface area contributed by atoms with Crippen molar-refractivity contribution in [1.29, 1.82) is 0 Å². The Hall–Kier alpha value is -1.12. The lowest BCUT2D eigenvalue weighted by atomic mass is 10.1. The van der Waals surface area contributed by atoms with Gasteiger partial charge in [-0.3, -0.25) is 9.89 Å². The Morgan fingerprint density at radius 3 is 2.52 bits per heavy atom. The predicted octanol–water partition coefficient (Wildman–Crippen LogP) is 2.46. The molecule has 2 fully saturated rings. The highest BCUT2D eigenvalue weighted by molar-refractivity contribution is 14.0. The number of benzene rings is 1. The Kier molecular flexibility index (Phi) is 9.58. The van der Waals surface area contributed by atoms with Gasteiger partial charge in [0.1, 0.15) is 0 Å². The number of guanidine groups is 1. The molecule has 1 aromatic rings.